The third-order valence-corrected chi connectivity index (χ3v) is 4.62. The largest absolute Gasteiger partial charge is 0.495 e. The van der Waals surface area contributed by atoms with Crippen LogP contribution in [0.15, 0.2) is 46.4 Å². The van der Waals surface area contributed by atoms with Crippen LogP contribution in [0.3, 0.4) is 0 Å². The Balaban J connectivity index is 1.54. The lowest BCUT2D eigenvalue weighted by molar-refractivity contribution is -0.115. The van der Waals surface area contributed by atoms with Gasteiger partial charge < -0.3 is 19.2 Å². The Kier molecular flexibility index (Phi) is 5.87. The number of hydrogen-bond donors (Lipinski definition) is 1. The Hall–Kier alpha value is -3.13. The Bertz CT molecular complexity index is 947. The maximum absolute atomic E-state index is 12.2. The molecular formula is C19H18N2O5S. The molecule has 3 rings (SSSR count). The molecule has 0 unspecified atom stereocenters. The fraction of sp³-hybridized carbons (Fsp3) is 0.211. The third-order valence-electron chi connectivity index (χ3n) is 3.72. The van der Waals surface area contributed by atoms with Crippen molar-refractivity contribution in [2.24, 2.45) is 0 Å². The van der Waals surface area contributed by atoms with E-state index >= 15 is 0 Å². The molecule has 0 saturated heterocycles. The van der Waals surface area contributed by atoms with E-state index in [1.165, 1.54) is 17.6 Å². The van der Waals surface area contributed by atoms with E-state index in [-0.39, 0.29) is 18.9 Å². The van der Waals surface area contributed by atoms with Gasteiger partial charge in [-0.2, -0.15) is 0 Å². The summed E-state index contributed by atoms with van der Waals surface area (Å²) < 4.78 is 15.5. The first-order valence-corrected chi connectivity index (χ1v) is 9.02. The van der Waals surface area contributed by atoms with Crippen LogP contribution in [0.5, 0.6) is 5.75 Å². The molecule has 0 spiro atoms. The smallest absolute Gasteiger partial charge is 0.342 e. The number of furan rings is 1. The van der Waals surface area contributed by atoms with Crippen LogP contribution in [0, 0.1) is 6.92 Å². The van der Waals surface area contributed by atoms with Gasteiger partial charge in [-0.25, -0.2) is 9.78 Å². The molecule has 1 N–H and O–H groups in total. The molecule has 0 atom stereocenters. The summed E-state index contributed by atoms with van der Waals surface area (Å²) in [5.41, 5.74) is 1.59. The van der Waals surface area contributed by atoms with Gasteiger partial charge in [-0.3, -0.25) is 4.79 Å². The summed E-state index contributed by atoms with van der Waals surface area (Å²) in [6.07, 6.45) is 1.56. The Morgan fingerprint density at radius 3 is 2.81 bits per heavy atom. The van der Waals surface area contributed by atoms with Crippen molar-refractivity contribution in [3.05, 3.63) is 64.0 Å². The molecule has 0 aliphatic rings. The number of methoxy groups -OCH3 is 1. The third kappa shape index (κ3) is 4.73. The van der Waals surface area contributed by atoms with Gasteiger partial charge in [0.05, 0.1) is 31.2 Å². The van der Waals surface area contributed by atoms with Crippen LogP contribution in [-0.4, -0.2) is 24.0 Å². The lowest BCUT2D eigenvalue weighted by Crippen LogP contribution is -2.15. The number of para-hydroxylation sites is 2. The van der Waals surface area contributed by atoms with E-state index in [1.807, 2.05) is 12.1 Å². The van der Waals surface area contributed by atoms with Gasteiger partial charge in [0.15, 0.2) is 0 Å². The van der Waals surface area contributed by atoms with E-state index < -0.39 is 5.97 Å². The molecule has 8 heteroatoms. The van der Waals surface area contributed by atoms with Gasteiger partial charge >= 0.3 is 5.97 Å². The van der Waals surface area contributed by atoms with Crippen LogP contribution in [0.4, 0.5) is 5.69 Å². The number of carbonyl (C=O) groups excluding carboxylic acids is 2. The van der Waals surface area contributed by atoms with Crippen LogP contribution in [0.25, 0.3) is 0 Å². The number of esters is 1. The SMILES string of the molecule is COc1ccccc1NC(=O)Cc1nc(COC(=O)c2ccoc2C)cs1. The standard InChI is InChI=1S/C19H18N2O5S/c1-12-14(7-8-25-12)19(23)26-10-13-11-27-18(20-13)9-17(22)21-15-5-3-4-6-16(15)24-2/h3-8,11H,9-10H2,1-2H3,(H,21,22). The maximum atomic E-state index is 12.2. The summed E-state index contributed by atoms with van der Waals surface area (Å²) in [6, 6.07) is 8.74. The lowest BCUT2D eigenvalue weighted by atomic mass is 10.3. The number of hydrogen-bond acceptors (Lipinski definition) is 7. The molecule has 140 valence electrons. The number of amides is 1. The van der Waals surface area contributed by atoms with Crippen molar-refractivity contribution in [1.29, 1.82) is 0 Å². The van der Waals surface area contributed by atoms with Crippen LogP contribution in [-0.2, 0) is 22.6 Å². The average Bonchev–Trinajstić information content (AvgIpc) is 3.29. The molecule has 3 aromatic rings. The predicted octanol–water partition coefficient (Wildman–Crippen LogP) is 3.59. The fourth-order valence-corrected chi connectivity index (χ4v) is 3.17. The van der Waals surface area contributed by atoms with Gasteiger partial charge in [-0.05, 0) is 25.1 Å². The highest BCUT2D eigenvalue weighted by Crippen LogP contribution is 2.23. The minimum Gasteiger partial charge on any atom is -0.495 e. The summed E-state index contributed by atoms with van der Waals surface area (Å²) in [5, 5.41) is 5.20. The number of anilines is 1. The molecule has 0 bridgehead atoms. The molecule has 0 fully saturated rings. The molecule has 0 radical (unpaired) electrons. The molecule has 2 heterocycles. The Morgan fingerprint density at radius 2 is 2.07 bits per heavy atom. The normalized spacial score (nSPS) is 10.4. The summed E-state index contributed by atoms with van der Waals surface area (Å²) in [7, 11) is 1.55. The number of nitrogens with zero attached hydrogens (tertiary/aromatic N) is 1. The summed E-state index contributed by atoms with van der Waals surface area (Å²) >= 11 is 1.34. The number of thiazole rings is 1. The minimum absolute atomic E-state index is 0.0358. The molecule has 27 heavy (non-hydrogen) atoms. The molecule has 2 aromatic heterocycles. The molecule has 1 amide bonds. The van der Waals surface area contributed by atoms with Crippen LogP contribution < -0.4 is 10.1 Å². The molecule has 0 aliphatic heterocycles. The number of aryl methyl sites for hydroxylation is 1. The van der Waals surface area contributed by atoms with Gasteiger partial charge in [0, 0.05) is 5.38 Å². The molecule has 7 nitrogen and oxygen atoms in total. The number of benzene rings is 1. The monoisotopic (exact) mass is 386 g/mol. The van der Waals surface area contributed by atoms with Gasteiger partial charge in [-0.15, -0.1) is 11.3 Å². The zero-order valence-corrected chi connectivity index (χ0v) is 15.7. The second-order valence-electron chi connectivity index (χ2n) is 5.62. The Labute approximate surface area is 159 Å². The number of aromatic nitrogens is 1. The minimum atomic E-state index is -0.468. The van der Waals surface area contributed by atoms with Crippen molar-refractivity contribution >= 4 is 28.9 Å². The van der Waals surface area contributed by atoms with E-state index in [2.05, 4.69) is 10.3 Å². The highest BCUT2D eigenvalue weighted by molar-refractivity contribution is 7.09. The predicted molar refractivity (Wildman–Crippen MR) is 100 cm³/mol. The van der Waals surface area contributed by atoms with E-state index in [1.54, 1.807) is 37.6 Å². The molecule has 1 aromatic carbocycles. The van der Waals surface area contributed by atoms with Crippen molar-refractivity contribution < 1.29 is 23.5 Å². The lowest BCUT2D eigenvalue weighted by Gasteiger charge is -2.08. The maximum Gasteiger partial charge on any atom is 0.342 e. The van der Waals surface area contributed by atoms with Crippen molar-refractivity contribution in [2.75, 3.05) is 12.4 Å². The summed E-state index contributed by atoms with van der Waals surface area (Å²) in [4.78, 5) is 28.5. The second-order valence-corrected chi connectivity index (χ2v) is 6.57. The van der Waals surface area contributed by atoms with Crippen molar-refractivity contribution in [3.63, 3.8) is 0 Å². The zero-order chi connectivity index (χ0) is 19.2. The van der Waals surface area contributed by atoms with E-state index in [0.29, 0.717) is 33.5 Å². The van der Waals surface area contributed by atoms with Crippen LogP contribution in [0.2, 0.25) is 0 Å². The van der Waals surface area contributed by atoms with Crippen molar-refractivity contribution in [1.82, 2.24) is 4.98 Å². The van der Waals surface area contributed by atoms with Crippen molar-refractivity contribution in [3.8, 4) is 5.75 Å². The highest BCUT2D eigenvalue weighted by Gasteiger charge is 2.15. The van der Waals surface area contributed by atoms with E-state index in [0.717, 1.165) is 0 Å². The average molecular weight is 386 g/mol. The van der Waals surface area contributed by atoms with Gasteiger partial charge in [0.1, 0.15) is 28.7 Å². The van der Waals surface area contributed by atoms with E-state index in [4.69, 9.17) is 13.9 Å². The van der Waals surface area contributed by atoms with Crippen LogP contribution in [0.1, 0.15) is 26.8 Å². The quantitative estimate of drug-likeness (QED) is 0.624. The van der Waals surface area contributed by atoms with Gasteiger partial charge in [-0.1, -0.05) is 12.1 Å². The second kappa shape index (κ2) is 8.50. The molecular weight excluding hydrogens is 368 g/mol. The zero-order valence-electron chi connectivity index (χ0n) is 14.9. The fourth-order valence-electron chi connectivity index (χ4n) is 2.39. The molecule has 0 saturated carbocycles. The van der Waals surface area contributed by atoms with Gasteiger partial charge in [0.25, 0.3) is 0 Å². The summed E-state index contributed by atoms with van der Waals surface area (Å²) in [6.45, 7) is 1.73. The first-order chi connectivity index (χ1) is 13.1. The number of nitrogens with one attached hydrogen (secondary N) is 1. The van der Waals surface area contributed by atoms with Crippen LogP contribution >= 0.6 is 11.3 Å². The topological polar surface area (TPSA) is 90.7 Å². The Morgan fingerprint density at radius 1 is 1.26 bits per heavy atom. The number of carbonyl (C=O) groups is 2. The summed E-state index contributed by atoms with van der Waals surface area (Å²) in [5.74, 6) is 0.426. The van der Waals surface area contributed by atoms with Crippen molar-refractivity contribution in [2.45, 2.75) is 20.0 Å². The van der Waals surface area contributed by atoms with Gasteiger partial charge in [0.2, 0.25) is 5.91 Å². The first kappa shape index (κ1) is 18.7. The first-order valence-electron chi connectivity index (χ1n) is 8.14. The number of rotatable bonds is 7. The number of ether oxygens (including phenoxy) is 2. The molecule has 0 aliphatic carbocycles. The highest BCUT2D eigenvalue weighted by atomic mass is 32.1. The van der Waals surface area contributed by atoms with E-state index in [9.17, 15) is 9.59 Å².